The van der Waals surface area contributed by atoms with Gasteiger partial charge in [0.25, 0.3) is 0 Å². The highest BCUT2D eigenvalue weighted by molar-refractivity contribution is 6.31. The van der Waals surface area contributed by atoms with E-state index in [1.54, 1.807) is 6.92 Å². The molecule has 1 aromatic rings. The summed E-state index contributed by atoms with van der Waals surface area (Å²) in [6.45, 7) is 1.76. The maximum absolute atomic E-state index is 12.9. The summed E-state index contributed by atoms with van der Waals surface area (Å²) in [6.07, 6.45) is -0.517. The fourth-order valence-corrected chi connectivity index (χ4v) is 1.43. The first-order valence-electron chi connectivity index (χ1n) is 5.89. The van der Waals surface area contributed by atoms with E-state index < -0.39 is 30.1 Å². The topological polar surface area (TPSA) is 96.5 Å². The molecule has 3 N–H and O–H groups in total. The third kappa shape index (κ3) is 6.09. The lowest BCUT2D eigenvalue weighted by molar-refractivity contribution is -0.146. The Morgan fingerprint density at radius 1 is 1.29 bits per heavy atom. The highest BCUT2D eigenvalue weighted by atomic mass is 35.5. The molecule has 0 aliphatic rings. The molecule has 0 aromatic heterocycles. The molecule has 9 heteroatoms. The Morgan fingerprint density at radius 3 is 2.62 bits per heavy atom. The molecule has 1 aromatic carbocycles. The van der Waals surface area contributed by atoms with E-state index >= 15 is 0 Å². The van der Waals surface area contributed by atoms with Crippen molar-refractivity contribution in [2.24, 2.45) is 0 Å². The Morgan fingerprint density at radius 2 is 2.00 bits per heavy atom. The summed E-state index contributed by atoms with van der Waals surface area (Å²) < 4.78 is 17.5. The van der Waals surface area contributed by atoms with Crippen LogP contribution in [-0.2, 0) is 14.3 Å². The summed E-state index contributed by atoms with van der Waals surface area (Å²) in [5, 5.41) is 2.16. The molecule has 0 bridgehead atoms. The first-order valence-corrected chi connectivity index (χ1v) is 6.26. The van der Waals surface area contributed by atoms with Crippen molar-refractivity contribution in [3.63, 3.8) is 0 Å². The van der Waals surface area contributed by atoms with Crippen LogP contribution in [0, 0.1) is 5.82 Å². The zero-order valence-corrected chi connectivity index (χ0v) is 11.8. The zero-order chi connectivity index (χ0) is 15.8. The van der Waals surface area contributed by atoms with Crippen molar-refractivity contribution in [1.29, 1.82) is 0 Å². The number of ether oxygens (including phenoxy) is 1. The third-order valence-electron chi connectivity index (χ3n) is 2.10. The maximum atomic E-state index is 12.9. The average Bonchev–Trinajstić information content (AvgIpc) is 2.41. The van der Waals surface area contributed by atoms with E-state index in [0.717, 1.165) is 6.07 Å². The Hall–Kier alpha value is -2.35. The molecule has 0 spiro atoms. The average molecular weight is 318 g/mol. The Bertz CT molecular complexity index is 553. The van der Waals surface area contributed by atoms with Gasteiger partial charge in [-0.3, -0.25) is 15.0 Å². The molecule has 114 valence electrons. The SMILES string of the molecule is CCOC(=O)CC(=O)NNC(=O)Nc1ccc(F)c(Cl)c1. The summed E-state index contributed by atoms with van der Waals surface area (Å²) in [7, 11) is 0. The Kier molecular flexibility index (Phi) is 6.41. The maximum Gasteiger partial charge on any atom is 0.337 e. The van der Waals surface area contributed by atoms with Crippen molar-refractivity contribution in [3.05, 3.63) is 29.0 Å². The molecule has 1 rings (SSSR count). The fourth-order valence-electron chi connectivity index (χ4n) is 1.25. The molecule has 21 heavy (non-hydrogen) atoms. The van der Waals surface area contributed by atoms with E-state index in [0.29, 0.717) is 0 Å². The van der Waals surface area contributed by atoms with Crippen LogP contribution >= 0.6 is 11.6 Å². The lowest BCUT2D eigenvalue weighted by atomic mass is 10.3. The molecule has 0 saturated carbocycles. The largest absolute Gasteiger partial charge is 0.466 e. The second-order valence-corrected chi connectivity index (χ2v) is 4.15. The van der Waals surface area contributed by atoms with Gasteiger partial charge in [-0.1, -0.05) is 11.6 Å². The van der Waals surface area contributed by atoms with Crippen LogP contribution in [0.4, 0.5) is 14.9 Å². The standard InChI is InChI=1S/C12H13ClFN3O4/c1-2-21-11(19)6-10(18)16-17-12(20)15-7-3-4-9(14)8(13)5-7/h3-5H,2,6H2,1H3,(H,16,18)(H2,15,17,20). The number of hydrogen-bond donors (Lipinski definition) is 3. The van der Waals surface area contributed by atoms with Crippen LogP contribution < -0.4 is 16.2 Å². The summed E-state index contributed by atoms with van der Waals surface area (Å²) in [6, 6.07) is 2.80. The number of amides is 3. The van der Waals surface area contributed by atoms with Crippen LogP contribution in [0.5, 0.6) is 0 Å². The minimum Gasteiger partial charge on any atom is -0.466 e. The van der Waals surface area contributed by atoms with Gasteiger partial charge in [0.1, 0.15) is 12.2 Å². The van der Waals surface area contributed by atoms with E-state index in [1.807, 2.05) is 10.9 Å². The number of anilines is 1. The van der Waals surface area contributed by atoms with Crippen molar-refractivity contribution in [2.45, 2.75) is 13.3 Å². The van der Waals surface area contributed by atoms with E-state index in [-0.39, 0.29) is 17.3 Å². The molecule has 3 amide bonds. The van der Waals surface area contributed by atoms with Gasteiger partial charge in [-0.05, 0) is 25.1 Å². The number of esters is 1. The number of urea groups is 1. The van der Waals surface area contributed by atoms with E-state index in [9.17, 15) is 18.8 Å². The van der Waals surface area contributed by atoms with Gasteiger partial charge in [0.05, 0.1) is 11.6 Å². The number of hydrazine groups is 1. The minimum absolute atomic E-state index is 0.154. The summed E-state index contributed by atoms with van der Waals surface area (Å²) >= 11 is 5.54. The highest BCUT2D eigenvalue weighted by Crippen LogP contribution is 2.18. The normalized spacial score (nSPS) is 9.67. The van der Waals surface area contributed by atoms with Crippen molar-refractivity contribution in [2.75, 3.05) is 11.9 Å². The van der Waals surface area contributed by atoms with E-state index in [1.165, 1.54) is 12.1 Å². The molecule has 0 atom stereocenters. The number of carbonyl (C=O) groups is 3. The van der Waals surface area contributed by atoms with Crippen molar-refractivity contribution in [3.8, 4) is 0 Å². The van der Waals surface area contributed by atoms with Gasteiger partial charge in [-0.25, -0.2) is 14.6 Å². The van der Waals surface area contributed by atoms with Crippen LogP contribution in [0.1, 0.15) is 13.3 Å². The van der Waals surface area contributed by atoms with Gasteiger partial charge in [0.2, 0.25) is 5.91 Å². The first-order chi connectivity index (χ1) is 9.92. The lowest BCUT2D eigenvalue weighted by Gasteiger charge is -2.09. The molecule has 0 heterocycles. The van der Waals surface area contributed by atoms with Gasteiger partial charge in [0, 0.05) is 5.69 Å². The predicted octanol–water partition coefficient (Wildman–Crippen LogP) is 1.58. The first kappa shape index (κ1) is 16.7. The quantitative estimate of drug-likeness (QED) is 0.446. The van der Waals surface area contributed by atoms with Gasteiger partial charge in [0.15, 0.2) is 0 Å². The van der Waals surface area contributed by atoms with Crippen LogP contribution in [-0.4, -0.2) is 24.5 Å². The number of nitrogens with one attached hydrogen (secondary N) is 3. The summed E-state index contributed by atoms with van der Waals surface area (Å²) in [5.74, 6) is -2.06. The molecule has 0 radical (unpaired) electrons. The lowest BCUT2D eigenvalue weighted by Crippen LogP contribution is -2.44. The number of rotatable bonds is 4. The number of halogens is 2. The summed E-state index contributed by atoms with van der Waals surface area (Å²) in [5.41, 5.74) is 4.26. The Balaban J connectivity index is 2.38. The van der Waals surface area contributed by atoms with Crippen molar-refractivity contribution < 1.29 is 23.5 Å². The van der Waals surface area contributed by atoms with Crippen LogP contribution in [0.25, 0.3) is 0 Å². The van der Waals surface area contributed by atoms with Gasteiger partial charge >= 0.3 is 12.0 Å². The molecule has 0 fully saturated rings. The Labute approximate surface area is 124 Å². The second-order valence-electron chi connectivity index (χ2n) is 3.74. The third-order valence-corrected chi connectivity index (χ3v) is 2.39. The number of carbonyl (C=O) groups excluding carboxylic acids is 3. The smallest absolute Gasteiger partial charge is 0.337 e. The van der Waals surface area contributed by atoms with Gasteiger partial charge < -0.3 is 10.1 Å². The van der Waals surface area contributed by atoms with Crippen molar-refractivity contribution >= 4 is 35.2 Å². The molecule has 7 nitrogen and oxygen atoms in total. The molecular formula is C12H13ClFN3O4. The molecule has 0 unspecified atom stereocenters. The fraction of sp³-hybridized carbons (Fsp3) is 0.250. The summed E-state index contributed by atoms with van der Waals surface area (Å²) in [4.78, 5) is 33.7. The monoisotopic (exact) mass is 317 g/mol. The van der Waals surface area contributed by atoms with Crippen LogP contribution in [0.15, 0.2) is 18.2 Å². The van der Waals surface area contributed by atoms with Crippen LogP contribution in [0.3, 0.4) is 0 Å². The van der Waals surface area contributed by atoms with E-state index in [4.69, 9.17) is 11.6 Å². The minimum atomic E-state index is -0.783. The van der Waals surface area contributed by atoms with Crippen molar-refractivity contribution in [1.82, 2.24) is 10.9 Å². The zero-order valence-electron chi connectivity index (χ0n) is 11.0. The second kappa shape index (κ2) is 8.05. The highest BCUT2D eigenvalue weighted by Gasteiger charge is 2.11. The number of benzene rings is 1. The molecule has 0 saturated heterocycles. The molecule has 0 aliphatic carbocycles. The van der Waals surface area contributed by atoms with E-state index in [2.05, 4.69) is 10.1 Å². The van der Waals surface area contributed by atoms with Crippen LogP contribution in [0.2, 0.25) is 5.02 Å². The van der Waals surface area contributed by atoms with Gasteiger partial charge in [-0.15, -0.1) is 0 Å². The number of hydrogen-bond acceptors (Lipinski definition) is 4. The molecule has 0 aliphatic heterocycles. The predicted molar refractivity (Wildman–Crippen MR) is 73.0 cm³/mol. The molecular weight excluding hydrogens is 305 g/mol. The van der Waals surface area contributed by atoms with Gasteiger partial charge in [-0.2, -0.15) is 0 Å².